The summed E-state index contributed by atoms with van der Waals surface area (Å²) in [5.74, 6) is 5.48. The fraction of sp³-hybridized carbons (Fsp3) is 0.654. The van der Waals surface area contributed by atoms with Crippen molar-refractivity contribution in [2.24, 2.45) is 47.3 Å². The van der Waals surface area contributed by atoms with Gasteiger partial charge in [-0.25, -0.2) is 0 Å². The summed E-state index contributed by atoms with van der Waals surface area (Å²) in [6.07, 6.45) is 51.5. The Morgan fingerprint density at radius 1 is 0.362 bits per heavy atom. The molecule has 0 bridgehead atoms. The molecule has 1 saturated carbocycles. The van der Waals surface area contributed by atoms with Gasteiger partial charge in [-0.05, 0) is 173 Å². The van der Waals surface area contributed by atoms with Gasteiger partial charge in [-0.15, -0.1) is 0 Å². The van der Waals surface area contributed by atoms with E-state index in [-0.39, 0.29) is 18.5 Å². The third kappa shape index (κ3) is 8.76. The molecule has 13 atom stereocenters. The van der Waals surface area contributed by atoms with E-state index in [0.29, 0.717) is 54.0 Å². The van der Waals surface area contributed by atoms with Crippen molar-refractivity contribution in [2.45, 2.75) is 165 Å². The van der Waals surface area contributed by atoms with Gasteiger partial charge in [0.2, 0.25) is 0 Å². The summed E-state index contributed by atoms with van der Waals surface area (Å²) < 4.78 is 0. The molecule has 0 radical (unpaired) electrons. The molecule has 10 rings (SSSR count). The van der Waals surface area contributed by atoms with Crippen molar-refractivity contribution in [1.82, 2.24) is 31.9 Å². The molecule has 6 heteroatoms. The van der Waals surface area contributed by atoms with Gasteiger partial charge in [0.15, 0.2) is 0 Å². The molecule has 58 heavy (non-hydrogen) atoms. The number of allylic oxidation sites excluding steroid dienone is 7. The Balaban J connectivity index is 0.808. The summed E-state index contributed by atoms with van der Waals surface area (Å²) in [7, 11) is 0. The molecule has 312 valence electrons. The molecule has 2 aliphatic heterocycles. The van der Waals surface area contributed by atoms with E-state index < -0.39 is 0 Å². The van der Waals surface area contributed by atoms with Crippen molar-refractivity contribution in [3.05, 3.63) is 107 Å². The summed E-state index contributed by atoms with van der Waals surface area (Å²) in [6, 6.07) is 11.0. The monoisotopic (exact) mass is 783 g/mol. The molecule has 6 nitrogen and oxygen atoms in total. The van der Waals surface area contributed by atoms with E-state index in [0.717, 1.165) is 11.8 Å². The van der Waals surface area contributed by atoms with Crippen molar-refractivity contribution in [2.75, 3.05) is 0 Å². The van der Waals surface area contributed by atoms with Gasteiger partial charge in [-0.2, -0.15) is 0 Å². The Morgan fingerprint density at radius 2 is 0.776 bits per heavy atom. The Morgan fingerprint density at radius 3 is 1.19 bits per heavy atom. The quantitative estimate of drug-likeness (QED) is 0.148. The maximum atomic E-state index is 4.09. The molecule has 0 spiro atoms. The Kier molecular flexibility index (Phi) is 12.7. The number of fused-ring (bicyclic) bond motifs is 1. The van der Waals surface area contributed by atoms with E-state index in [9.17, 15) is 0 Å². The molecule has 6 N–H and O–H groups in total. The van der Waals surface area contributed by atoms with Gasteiger partial charge in [0.1, 0.15) is 0 Å². The van der Waals surface area contributed by atoms with Crippen LogP contribution in [0, 0.1) is 47.3 Å². The average molecular weight is 783 g/mol. The van der Waals surface area contributed by atoms with E-state index in [1.54, 1.807) is 16.7 Å². The summed E-state index contributed by atoms with van der Waals surface area (Å²) >= 11 is 0. The SMILES string of the molecule is C1=CC(C2C=CC(C3C=CC(C4NC(C5=CCCCC5)NC(c5ccccc5)N4)CC3)C3CCCCC23)CCC1C1NC(C2=CCCCC2)NC(C2=CCCCC2)N1. The highest BCUT2D eigenvalue weighted by atomic mass is 15.4. The molecule has 2 heterocycles. The minimum absolute atomic E-state index is 0.163. The highest BCUT2D eigenvalue weighted by Gasteiger charge is 2.44. The van der Waals surface area contributed by atoms with Crippen LogP contribution in [0.25, 0.3) is 0 Å². The predicted molar refractivity (Wildman–Crippen MR) is 239 cm³/mol. The molecule has 2 saturated heterocycles. The molecule has 0 aromatic heterocycles. The zero-order valence-corrected chi connectivity index (χ0v) is 35.3. The van der Waals surface area contributed by atoms with Crippen LogP contribution in [-0.4, -0.2) is 30.8 Å². The fourth-order valence-corrected chi connectivity index (χ4v) is 13.2. The van der Waals surface area contributed by atoms with E-state index in [2.05, 4.69) is 117 Å². The van der Waals surface area contributed by atoms with Gasteiger partial charge in [0.05, 0.1) is 37.0 Å². The van der Waals surface area contributed by atoms with E-state index in [1.807, 2.05) is 0 Å². The van der Waals surface area contributed by atoms with Crippen LogP contribution in [0.5, 0.6) is 0 Å². The van der Waals surface area contributed by atoms with Crippen LogP contribution >= 0.6 is 0 Å². The van der Waals surface area contributed by atoms with Crippen LogP contribution in [0.2, 0.25) is 0 Å². The molecule has 7 aliphatic carbocycles. The normalized spacial score (nSPS) is 42.2. The lowest BCUT2D eigenvalue weighted by Crippen LogP contribution is -2.70. The maximum absolute atomic E-state index is 4.09. The largest absolute Gasteiger partial charge is 0.282 e. The van der Waals surface area contributed by atoms with Crippen molar-refractivity contribution in [3.63, 3.8) is 0 Å². The average Bonchev–Trinajstić information content (AvgIpc) is 3.32. The molecule has 1 aromatic carbocycles. The second-order valence-electron chi connectivity index (χ2n) is 19.9. The molecule has 0 amide bonds. The van der Waals surface area contributed by atoms with Crippen LogP contribution in [-0.2, 0) is 0 Å². The summed E-state index contributed by atoms with van der Waals surface area (Å²) in [5.41, 5.74) is 6.10. The van der Waals surface area contributed by atoms with Gasteiger partial charge >= 0.3 is 0 Å². The van der Waals surface area contributed by atoms with Crippen LogP contribution in [0.15, 0.2) is 102 Å². The summed E-state index contributed by atoms with van der Waals surface area (Å²) in [4.78, 5) is 0. The Bertz CT molecular complexity index is 1690. The standard InChI is InChI=1S/C52H74N6/c1-5-15-37(16-6-1)47-53-48(38-17-7-2-8-18-38)56-51(55-47)41-29-25-35(26-30-41)43-33-34-44(46-24-14-13-23-45(43)46)36-27-31-42(32-28-36)52-57-49(39-19-9-3-10-20-39)54-50(58-52)40-21-11-4-12-22-40/h1,5-6,15-17,19,21,25,27,29,31,33-36,41-58H,2-4,7-14,18,20,22-24,26,28,30,32H2. The zero-order valence-electron chi connectivity index (χ0n) is 35.3. The van der Waals surface area contributed by atoms with E-state index in [1.165, 1.54) is 134 Å². The zero-order chi connectivity index (χ0) is 38.7. The van der Waals surface area contributed by atoms with Gasteiger partial charge in [0.25, 0.3) is 0 Å². The van der Waals surface area contributed by atoms with Gasteiger partial charge in [-0.3, -0.25) is 31.9 Å². The van der Waals surface area contributed by atoms with Crippen molar-refractivity contribution < 1.29 is 0 Å². The molecule has 3 fully saturated rings. The number of hydrogen-bond donors (Lipinski definition) is 6. The Hall–Kier alpha value is -2.58. The van der Waals surface area contributed by atoms with E-state index >= 15 is 0 Å². The number of benzene rings is 1. The third-order valence-corrected chi connectivity index (χ3v) is 16.4. The first-order valence-corrected chi connectivity index (χ1v) is 24.5. The first-order chi connectivity index (χ1) is 28.7. The minimum Gasteiger partial charge on any atom is -0.282 e. The first-order valence-electron chi connectivity index (χ1n) is 24.5. The van der Waals surface area contributed by atoms with Gasteiger partial charge < -0.3 is 0 Å². The van der Waals surface area contributed by atoms with Gasteiger partial charge in [-0.1, -0.05) is 97.9 Å². The lowest BCUT2D eigenvalue weighted by Gasteiger charge is -2.49. The second-order valence-corrected chi connectivity index (χ2v) is 19.9. The smallest absolute Gasteiger partial charge is 0.0862 e. The highest BCUT2D eigenvalue weighted by Crippen LogP contribution is 2.51. The van der Waals surface area contributed by atoms with E-state index in [4.69, 9.17) is 0 Å². The molecule has 9 aliphatic rings. The van der Waals surface area contributed by atoms with Gasteiger partial charge in [0, 0.05) is 11.8 Å². The lowest BCUT2D eigenvalue weighted by atomic mass is 9.57. The molecular weight excluding hydrogens is 709 g/mol. The molecule has 13 unspecified atom stereocenters. The van der Waals surface area contributed by atoms with Crippen molar-refractivity contribution in [1.29, 1.82) is 0 Å². The summed E-state index contributed by atoms with van der Waals surface area (Å²) in [6.45, 7) is 0. The van der Waals surface area contributed by atoms with Crippen LogP contribution in [0.1, 0.15) is 140 Å². The highest BCUT2D eigenvalue weighted by molar-refractivity contribution is 5.25. The number of nitrogens with one attached hydrogen (secondary N) is 6. The first kappa shape index (κ1) is 39.5. The fourth-order valence-electron chi connectivity index (χ4n) is 13.2. The Labute approximate surface area is 350 Å². The molecule has 1 aromatic rings. The van der Waals surface area contributed by atoms with Crippen LogP contribution in [0.4, 0.5) is 0 Å². The lowest BCUT2D eigenvalue weighted by molar-refractivity contribution is 0.0810. The summed E-state index contributed by atoms with van der Waals surface area (Å²) in [5, 5.41) is 24.2. The topological polar surface area (TPSA) is 72.2 Å². The van der Waals surface area contributed by atoms with Crippen molar-refractivity contribution in [3.8, 4) is 0 Å². The number of rotatable bonds is 8. The molecular formula is C52H74N6. The predicted octanol–water partition coefficient (Wildman–Crippen LogP) is 10.2. The maximum Gasteiger partial charge on any atom is 0.0862 e. The van der Waals surface area contributed by atoms with Crippen LogP contribution < -0.4 is 31.9 Å². The number of hydrogen-bond acceptors (Lipinski definition) is 6. The van der Waals surface area contributed by atoms with Crippen LogP contribution in [0.3, 0.4) is 0 Å². The second kappa shape index (κ2) is 18.6. The minimum atomic E-state index is 0.163. The van der Waals surface area contributed by atoms with Crippen molar-refractivity contribution >= 4 is 0 Å². The third-order valence-electron chi connectivity index (χ3n) is 16.4.